The van der Waals surface area contributed by atoms with Gasteiger partial charge in [-0.15, -0.1) is 0 Å². The number of nitrogen functional groups attached to an aromatic ring is 1. The van der Waals surface area contributed by atoms with Gasteiger partial charge < -0.3 is 5.43 Å². The van der Waals surface area contributed by atoms with E-state index in [1.54, 1.807) is 12.4 Å². The fourth-order valence-electron chi connectivity index (χ4n) is 1.17. The third-order valence-electron chi connectivity index (χ3n) is 1.94. The van der Waals surface area contributed by atoms with E-state index < -0.39 is 0 Å². The average molecular weight is 221 g/mol. The van der Waals surface area contributed by atoms with Gasteiger partial charge in [0.25, 0.3) is 0 Å². The molecule has 0 fully saturated rings. The number of rotatable bonds is 2. The first-order valence-electron chi connectivity index (χ1n) is 4.34. The highest BCUT2D eigenvalue weighted by Gasteiger charge is 1.99. The van der Waals surface area contributed by atoms with E-state index in [9.17, 15) is 0 Å². The Hall–Kier alpha value is -1.65. The van der Waals surface area contributed by atoms with E-state index in [0.29, 0.717) is 10.8 Å². The second-order valence-corrected chi connectivity index (χ2v) is 3.37. The van der Waals surface area contributed by atoms with Crippen molar-refractivity contribution in [2.75, 3.05) is 5.43 Å². The van der Waals surface area contributed by atoms with Crippen molar-refractivity contribution in [3.8, 4) is 11.3 Å². The summed E-state index contributed by atoms with van der Waals surface area (Å²) in [7, 11) is 0. The lowest BCUT2D eigenvalue weighted by Crippen LogP contribution is -2.08. The Morgan fingerprint density at radius 3 is 2.33 bits per heavy atom. The predicted molar refractivity (Wildman–Crippen MR) is 60.3 cm³/mol. The molecule has 4 nitrogen and oxygen atoms in total. The Labute approximate surface area is 92.1 Å². The highest BCUT2D eigenvalue weighted by Crippen LogP contribution is 2.18. The molecule has 0 radical (unpaired) electrons. The maximum atomic E-state index is 5.78. The van der Waals surface area contributed by atoms with Crippen LogP contribution in [0.1, 0.15) is 0 Å². The molecule has 0 amide bonds. The van der Waals surface area contributed by atoms with E-state index in [-0.39, 0.29) is 0 Å². The quantitative estimate of drug-likeness (QED) is 0.601. The van der Waals surface area contributed by atoms with Gasteiger partial charge in [0.1, 0.15) is 0 Å². The summed E-state index contributed by atoms with van der Waals surface area (Å²) < 4.78 is 0. The summed E-state index contributed by atoms with van der Waals surface area (Å²) in [5.74, 6) is 5.72. The summed E-state index contributed by atoms with van der Waals surface area (Å²) in [5.41, 5.74) is 4.17. The molecule has 0 saturated carbocycles. The lowest BCUT2D eigenvalue weighted by Gasteiger charge is -2.01. The molecule has 0 saturated heterocycles. The summed E-state index contributed by atoms with van der Waals surface area (Å²) >= 11 is 5.78. The van der Waals surface area contributed by atoms with Gasteiger partial charge in [-0.2, -0.15) is 0 Å². The molecule has 1 heterocycles. The van der Waals surface area contributed by atoms with Crippen LogP contribution in [0.4, 0.5) is 5.82 Å². The molecule has 0 atom stereocenters. The largest absolute Gasteiger partial charge is 0.307 e. The van der Waals surface area contributed by atoms with Gasteiger partial charge in [0.15, 0.2) is 5.82 Å². The Morgan fingerprint density at radius 1 is 1.07 bits per heavy atom. The number of nitrogens with two attached hydrogens (primary N) is 1. The van der Waals surface area contributed by atoms with Crippen molar-refractivity contribution >= 4 is 17.4 Å². The van der Waals surface area contributed by atoms with Crippen LogP contribution in [-0.2, 0) is 0 Å². The van der Waals surface area contributed by atoms with Gasteiger partial charge in [-0.05, 0) is 12.1 Å². The van der Waals surface area contributed by atoms with Crippen LogP contribution >= 0.6 is 11.6 Å². The summed E-state index contributed by atoms with van der Waals surface area (Å²) in [4.78, 5) is 8.27. The Morgan fingerprint density at radius 2 is 1.80 bits per heavy atom. The van der Waals surface area contributed by atoms with Crippen LogP contribution < -0.4 is 11.3 Å². The first-order chi connectivity index (χ1) is 7.29. The minimum absolute atomic E-state index is 0.535. The molecule has 3 N–H and O–H groups in total. The third-order valence-corrected chi connectivity index (χ3v) is 2.19. The minimum Gasteiger partial charge on any atom is -0.307 e. The zero-order chi connectivity index (χ0) is 10.7. The van der Waals surface area contributed by atoms with E-state index in [1.807, 2.05) is 24.3 Å². The molecule has 5 heteroatoms. The van der Waals surface area contributed by atoms with Crippen LogP contribution in [-0.4, -0.2) is 9.97 Å². The van der Waals surface area contributed by atoms with Crippen LogP contribution in [0.15, 0.2) is 36.7 Å². The molecule has 1 aromatic carbocycles. The van der Waals surface area contributed by atoms with Crippen LogP contribution in [0.25, 0.3) is 11.3 Å². The number of aromatic nitrogens is 2. The molecule has 15 heavy (non-hydrogen) atoms. The zero-order valence-corrected chi connectivity index (χ0v) is 8.57. The van der Waals surface area contributed by atoms with Gasteiger partial charge in [-0.25, -0.2) is 10.8 Å². The van der Waals surface area contributed by atoms with Crippen molar-refractivity contribution in [3.05, 3.63) is 41.7 Å². The first-order valence-corrected chi connectivity index (χ1v) is 4.72. The molecule has 0 unspecified atom stereocenters. The standard InChI is InChI=1S/C10H9ClN4/c11-8-3-1-7(2-4-8)9-5-14-10(15-12)6-13-9/h1-6H,12H2,(H,14,15). The number of hydrazine groups is 1. The molecule has 76 valence electrons. The second-order valence-electron chi connectivity index (χ2n) is 2.94. The summed E-state index contributed by atoms with van der Waals surface area (Å²) in [6, 6.07) is 7.41. The van der Waals surface area contributed by atoms with Crippen LogP contribution in [0, 0.1) is 0 Å². The van der Waals surface area contributed by atoms with E-state index in [2.05, 4.69) is 15.4 Å². The number of anilines is 1. The van der Waals surface area contributed by atoms with Crippen molar-refractivity contribution in [3.63, 3.8) is 0 Å². The molecule has 0 bridgehead atoms. The van der Waals surface area contributed by atoms with Crippen LogP contribution in [0.3, 0.4) is 0 Å². The third kappa shape index (κ3) is 2.23. The molecule has 2 aromatic rings. The van der Waals surface area contributed by atoms with E-state index in [1.165, 1.54) is 0 Å². The predicted octanol–water partition coefficient (Wildman–Crippen LogP) is 2.08. The Bertz CT molecular complexity index is 438. The van der Waals surface area contributed by atoms with Gasteiger partial charge in [0, 0.05) is 10.6 Å². The smallest absolute Gasteiger partial charge is 0.158 e. The highest BCUT2D eigenvalue weighted by molar-refractivity contribution is 6.30. The number of benzene rings is 1. The molecule has 1 aromatic heterocycles. The van der Waals surface area contributed by atoms with E-state index >= 15 is 0 Å². The van der Waals surface area contributed by atoms with Crippen molar-refractivity contribution < 1.29 is 0 Å². The van der Waals surface area contributed by atoms with Crippen LogP contribution in [0.5, 0.6) is 0 Å². The maximum Gasteiger partial charge on any atom is 0.158 e. The fourth-order valence-corrected chi connectivity index (χ4v) is 1.30. The summed E-state index contributed by atoms with van der Waals surface area (Å²) in [6.45, 7) is 0. The summed E-state index contributed by atoms with van der Waals surface area (Å²) in [5, 5.41) is 0.701. The highest BCUT2D eigenvalue weighted by atomic mass is 35.5. The zero-order valence-electron chi connectivity index (χ0n) is 7.81. The number of hydrogen-bond donors (Lipinski definition) is 2. The lowest BCUT2D eigenvalue weighted by atomic mass is 10.2. The molecule has 0 aliphatic rings. The fraction of sp³-hybridized carbons (Fsp3) is 0. The van der Waals surface area contributed by atoms with E-state index in [0.717, 1.165) is 11.3 Å². The molecule has 0 aliphatic carbocycles. The van der Waals surface area contributed by atoms with Crippen molar-refractivity contribution in [2.24, 2.45) is 5.84 Å². The van der Waals surface area contributed by atoms with Crippen LogP contribution in [0.2, 0.25) is 5.02 Å². The van der Waals surface area contributed by atoms with Gasteiger partial charge >= 0.3 is 0 Å². The summed E-state index contributed by atoms with van der Waals surface area (Å²) in [6.07, 6.45) is 3.22. The second kappa shape index (κ2) is 4.25. The minimum atomic E-state index is 0.535. The monoisotopic (exact) mass is 220 g/mol. The molecular formula is C10H9ClN4. The van der Waals surface area contributed by atoms with Crippen molar-refractivity contribution in [1.29, 1.82) is 0 Å². The number of hydrogen-bond acceptors (Lipinski definition) is 4. The molecule has 2 rings (SSSR count). The van der Waals surface area contributed by atoms with E-state index in [4.69, 9.17) is 17.4 Å². The normalized spacial score (nSPS) is 10.0. The Balaban J connectivity index is 2.33. The molecule has 0 aliphatic heterocycles. The number of nitrogens with one attached hydrogen (secondary N) is 1. The molecular weight excluding hydrogens is 212 g/mol. The van der Waals surface area contributed by atoms with Gasteiger partial charge in [-0.3, -0.25) is 4.98 Å². The number of halogens is 1. The Kier molecular flexibility index (Phi) is 2.80. The van der Waals surface area contributed by atoms with Crippen molar-refractivity contribution in [1.82, 2.24) is 9.97 Å². The maximum absolute atomic E-state index is 5.78. The van der Waals surface area contributed by atoms with Gasteiger partial charge in [0.05, 0.1) is 18.1 Å². The van der Waals surface area contributed by atoms with Crippen molar-refractivity contribution in [2.45, 2.75) is 0 Å². The molecule has 0 spiro atoms. The SMILES string of the molecule is NNc1cnc(-c2ccc(Cl)cc2)cn1. The number of nitrogens with zero attached hydrogens (tertiary/aromatic N) is 2. The van der Waals surface area contributed by atoms with Gasteiger partial charge in [-0.1, -0.05) is 23.7 Å². The average Bonchev–Trinajstić information content (AvgIpc) is 2.30. The lowest BCUT2D eigenvalue weighted by molar-refractivity contribution is 1.16. The van der Waals surface area contributed by atoms with Gasteiger partial charge in [0.2, 0.25) is 0 Å². The topological polar surface area (TPSA) is 63.8 Å². The first kappa shape index (κ1) is 9.89.